The summed E-state index contributed by atoms with van der Waals surface area (Å²) in [4.78, 5) is 14.7. The number of amides is 1. The average Bonchev–Trinajstić information content (AvgIpc) is 3.03. The van der Waals surface area contributed by atoms with Gasteiger partial charge in [-0.1, -0.05) is 6.07 Å². The number of morpholine rings is 1. The van der Waals surface area contributed by atoms with E-state index in [0.29, 0.717) is 31.1 Å². The summed E-state index contributed by atoms with van der Waals surface area (Å²) in [5.41, 5.74) is 0.948. The van der Waals surface area contributed by atoms with Crippen LogP contribution in [0.3, 0.4) is 0 Å². The molecule has 0 aromatic heterocycles. The Bertz CT molecular complexity index is 545. The monoisotopic (exact) mass is 305 g/mol. The highest BCUT2D eigenvalue weighted by atomic mass is 16.5. The van der Waals surface area contributed by atoms with Crippen LogP contribution in [0.1, 0.15) is 24.8 Å². The topological polar surface area (TPSA) is 48.0 Å². The molecular formula is C17H23NO4. The van der Waals surface area contributed by atoms with Crippen molar-refractivity contribution in [2.45, 2.75) is 37.8 Å². The minimum absolute atomic E-state index is 0.174. The van der Waals surface area contributed by atoms with Crippen molar-refractivity contribution in [3.63, 3.8) is 0 Å². The van der Waals surface area contributed by atoms with Gasteiger partial charge in [0.1, 0.15) is 0 Å². The van der Waals surface area contributed by atoms with E-state index in [0.717, 1.165) is 24.8 Å². The normalized spacial score (nSPS) is 24.0. The standard InChI is InChI=1S/C17H23NO4/c1-20-15-7-6-12(10-16(15)21-2)11-17(19)18-8-9-22-14-5-3-4-13(14)18/h6-7,10,13-14H,3-5,8-9,11H2,1-2H3/t13-,14-/m0/s1. The number of fused-ring (bicyclic) bond motifs is 1. The zero-order valence-electron chi connectivity index (χ0n) is 13.2. The largest absolute Gasteiger partial charge is 0.493 e. The van der Waals surface area contributed by atoms with E-state index in [1.807, 2.05) is 23.1 Å². The van der Waals surface area contributed by atoms with Crippen LogP contribution in [0, 0.1) is 0 Å². The Morgan fingerprint density at radius 1 is 1.27 bits per heavy atom. The second kappa shape index (κ2) is 6.57. The van der Waals surface area contributed by atoms with Gasteiger partial charge in [-0.2, -0.15) is 0 Å². The third-order valence-corrected chi connectivity index (χ3v) is 4.61. The van der Waals surface area contributed by atoms with Crippen LogP contribution in [0.4, 0.5) is 0 Å². The molecule has 1 aromatic carbocycles. The van der Waals surface area contributed by atoms with Gasteiger partial charge in [0.05, 0.1) is 39.4 Å². The molecule has 22 heavy (non-hydrogen) atoms. The molecule has 3 rings (SSSR count). The third-order valence-electron chi connectivity index (χ3n) is 4.61. The van der Waals surface area contributed by atoms with E-state index in [9.17, 15) is 4.79 Å². The highest BCUT2D eigenvalue weighted by Crippen LogP contribution is 2.31. The van der Waals surface area contributed by atoms with Crippen LogP contribution in [-0.4, -0.2) is 50.3 Å². The van der Waals surface area contributed by atoms with E-state index in [2.05, 4.69) is 0 Å². The Hall–Kier alpha value is -1.75. The molecule has 0 bridgehead atoms. The van der Waals surface area contributed by atoms with E-state index in [4.69, 9.17) is 14.2 Å². The molecule has 1 heterocycles. The highest BCUT2D eigenvalue weighted by molar-refractivity contribution is 5.79. The first-order valence-corrected chi connectivity index (χ1v) is 7.85. The minimum atomic E-state index is 0.174. The fourth-order valence-corrected chi connectivity index (χ4v) is 3.50. The molecule has 1 aliphatic carbocycles. The van der Waals surface area contributed by atoms with Crippen molar-refractivity contribution < 1.29 is 19.0 Å². The number of methoxy groups -OCH3 is 2. The molecule has 5 heteroatoms. The van der Waals surface area contributed by atoms with E-state index in [1.54, 1.807) is 14.2 Å². The number of nitrogens with zero attached hydrogens (tertiary/aromatic N) is 1. The van der Waals surface area contributed by atoms with Gasteiger partial charge < -0.3 is 19.1 Å². The van der Waals surface area contributed by atoms with Gasteiger partial charge in [0.25, 0.3) is 0 Å². The van der Waals surface area contributed by atoms with E-state index in [-0.39, 0.29) is 18.1 Å². The molecular weight excluding hydrogens is 282 g/mol. The molecule has 2 fully saturated rings. The van der Waals surface area contributed by atoms with Gasteiger partial charge >= 0.3 is 0 Å². The van der Waals surface area contributed by atoms with Crippen molar-refractivity contribution in [1.29, 1.82) is 0 Å². The first-order chi connectivity index (χ1) is 10.7. The van der Waals surface area contributed by atoms with E-state index < -0.39 is 0 Å². The van der Waals surface area contributed by atoms with Crippen LogP contribution < -0.4 is 9.47 Å². The summed E-state index contributed by atoms with van der Waals surface area (Å²) in [5.74, 6) is 1.52. The number of carbonyl (C=O) groups excluding carboxylic acids is 1. The lowest BCUT2D eigenvalue weighted by Crippen LogP contribution is -2.51. The van der Waals surface area contributed by atoms with Crippen molar-refractivity contribution in [1.82, 2.24) is 4.90 Å². The average molecular weight is 305 g/mol. The molecule has 1 aromatic rings. The predicted molar refractivity (Wildman–Crippen MR) is 82.3 cm³/mol. The fourth-order valence-electron chi connectivity index (χ4n) is 3.50. The Morgan fingerprint density at radius 3 is 2.86 bits per heavy atom. The number of carbonyl (C=O) groups is 1. The van der Waals surface area contributed by atoms with Crippen LogP contribution >= 0.6 is 0 Å². The van der Waals surface area contributed by atoms with Crippen LogP contribution in [-0.2, 0) is 16.0 Å². The van der Waals surface area contributed by atoms with Crippen molar-refractivity contribution in [2.24, 2.45) is 0 Å². The second-order valence-corrected chi connectivity index (χ2v) is 5.86. The molecule has 2 aliphatic rings. The first-order valence-electron chi connectivity index (χ1n) is 7.85. The SMILES string of the molecule is COc1ccc(CC(=O)N2CCO[C@H]3CCC[C@@H]32)cc1OC. The number of rotatable bonds is 4. The first kappa shape index (κ1) is 15.2. The number of hydrogen-bond donors (Lipinski definition) is 0. The van der Waals surface area contributed by atoms with Crippen molar-refractivity contribution in [3.8, 4) is 11.5 Å². The van der Waals surface area contributed by atoms with Crippen LogP contribution in [0.15, 0.2) is 18.2 Å². The molecule has 1 saturated heterocycles. The Labute approximate surface area is 131 Å². The third kappa shape index (κ3) is 2.90. The zero-order chi connectivity index (χ0) is 15.5. The number of ether oxygens (including phenoxy) is 3. The molecule has 0 spiro atoms. The summed E-state index contributed by atoms with van der Waals surface area (Å²) in [7, 11) is 3.21. The smallest absolute Gasteiger partial charge is 0.227 e. The van der Waals surface area contributed by atoms with Crippen molar-refractivity contribution in [2.75, 3.05) is 27.4 Å². The quantitative estimate of drug-likeness (QED) is 0.854. The summed E-state index contributed by atoms with van der Waals surface area (Å²) < 4.78 is 16.3. The van der Waals surface area contributed by atoms with Gasteiger partial charge in [-0.05, 0) is 37.0 Å². The zero-order valence-corrected chi connectivity index (χ0v) is 13.2. The number of hydrogen-bond acceptors (Lipinski definition) is 4. The lowest BCUT2D eigenvalue weighted by atomic mass is 10.1. The second-order valence-electron chi connectivity index (χ2n) is 5.86. The number of benzene rings is 1. The summed E-state index contributed by atoms with van der Waals surface area (Å²) in [6, 6.07) is 5.91. The van der Waals surface area contributed by atoms with Gasteiger partial charge in [0.15, 0.2) is 11.5 Å². The van der Waals surface area contributed by atoms with Gasteiger partial charge in [-0.25, -0.2) is 0 Å². The molecule has 0 radical (unpaired) electrons. The lowest BCUT2D eigenvalue weighted by Gasteiger charge is -2.37. The molecule has 5 nitrogen and oxygen atoms in total. The minimum Gasteiger partial charge on any atom is -0.493 e. The highest BCUT2D eigenvalue weighted by Gasteiger charge is 2.38. The summed E-state index contributed by atoms with van der Waals surface area (Å²) >= 11 is 0. The maximum absolute atomic E-state index is 12.7. The molecule has 120 valence electrons. The maximum Gasteiger partial charge on any atom is 0.227 e. The summed E-state index contributed by atoms with van der Waals surface area (Å²) in [6.45, 7) is 1.35. The van der Waals surface area contributed by atoms with Gasteiger partial charge in [-0.3, -0.25) is 4.79 Å². The Balaban J connectivity index is 1.71. The van der Waals surface area contributed by atoms with Crippen molar-refractivity contribution in [3.05, 3.63) is 23.8 Å². The maximum atomic E-state index is 12.7. The Morgan fingerprint density at radius 2 is 2.09 bits per heavy atom. The predicted octanol–water partition coefficient (Wildman–Crippen LogP) is 2.03. The fraction of sp³-hybridized carbons (Fsp3) is 0.588. The van der Waals surface area contributed by atoms with Crippen LogP contribution in [0.2, 0.25) is 0 Å². The molecule has 0 N–H and O–H groups in total. The Kier molecular flexibility index (Phi) is 4.52. The van der Waals surface area contributed by atoms with Gasteiger partial charge in [-0.15, -0.1) is 0 Å². The van der Waals surface area contributed by atoms with E-state index >= 15 is 0 Å². The van der Waals surface area contributed by atoms with Crippen LogP contribution in [0.5, 0.6) is 11.5 Å². The van der Waals surface area contributed by atoms with Gasteiger partial charge in [0.2, 0.25) is 5.91 Å². The molecule has 2 atom stereocenters. The van der Waals surface area contributed by atoms with Crippen molar-refractivity contribution >= 4 is 5.91 Å². The lowest BCUT2D eigenvalue weighted by molar-refractivity contribution is -0.143. The molecule has 1 saturated carbocycles. The molecule has 1 aliphatic heterocycles. The van der Waals surface area contributed by atoms with E-state index in [1.165, 1.54) is 0 Å². The molecule has 1 amide bonds. The summed E-state index contributed by atoms with van der Waals surface area (Å²) in [5, 5.41) is 0. The summed E-state index contributed by atoms with van der Waals surface area (Å²) in [6.07, 6.45) is 3.91. The molecule has 0 unspecified atom stereocenters. The van der Waals surface area contributed by atoms with Gasteiger partial charge in [0, 0.05) is 6.54 Å². The van der Waals surface area contributed by atoms with Crippen LogP contribution in [0.25, 0.3) is 0 Å².